The van der Waals surface area contributed by atoms with Gasteiger partial charge in [-0.05, 0) is 36.8 Å². The molecule has 0 aliphatic rings. The number of benzene rings is 1. The Labute approximate surface area is 166 Å². The minimum atomic E-state index is -0.494. The number of rotatable bonds is 6. The second kappa shape index (κ2) is 8.01. The SMILES string of the molecule is CCCc1nc(C(=O)Nc2ccc(-n3cccn3)nc2)nn1-c1ccccc1F. The van der Waals surface area contributed by atoms with Crippen molar-refractivity contribution in [3.63, 3.8) is 0 Å². The fourth-order valence-electron chi connectivity index (χ4n) is 2.83. The van der Waals surface area contributed by atoms with E-state index in [9.17, 15) is 9.18 Å². The van der Waals surface area contributed by atoms with Crippen LogP contribution in [0.4, 0.5) is 10.1 Å². The Balaban J connectivity index is 1.57. The number of amides is 1. The molecule has 0 radical (unpaired) electrons. The molecule has 1 amide bonds. The van der Waals surface area contributed by atoms with Crippen LogP contribution in [-0.4, -0.2) is 35.4 Å². The van der Waals surface area contributed by atoms with Gasteiger partial charge in [-0.2, -0.15) is 5.10 Å². The lowest BCUT2D eigenvalue weighted by molar-refractivity contribution is 0.101. The van der Waals surface area contributed by atoms with Crippen LogP contribution in [-0.2, 0) is 6.42 Å². The van der Waals surface area contributed by atoms with Crippen LogP contribution in [0.15, 0.2) is 61.1 Å². The van der Waals surface area contributed by atoms with Crippen molar-refractivity contribution in [2.75, 3.05) is 5.32 Å². The molecule has 0 unspecified atom stereocenters. The minimum Gasteiger partial charge on any atom is -0.318 e. The second-order valence-electron chi connectivity index (χ2n) is 6.27. The van der Waals surface area contributed by atoms with E-state index in [1.807, 2.05) is 6.92 Å². The van der Waals surface area contributed by atoms with E-state index in [1.54, 1.807) is 53.5 Å². The number of aryl methyl sites for hydroxylation is 1. The molecular weight excluding hydrogens is 373 g/mol. The average Bonchev–Trinajstić information content (AvgIpc) is 3.40. The molecule has 29 heavy (non-hydrogen) atoms. The van der Waals surface area contributed by atoms with Crippen LogP contribution in [0.1, 0.15) is 29.8 Å². The topological polar surface area (TPSA) is 90.5 Å². The third-order valence-electron chi connectivity index (χ3n) is 4.18. The van der Waals surface area contributed by atoms with E-state index >= 15 is 0 Å². The van der Waals surface area contributed by atoms with Crippen LogP contribution in [0.25, 0.3) is 11.5 Å². The van der Waals surface area contributed by atoms with Gasteiger partial charge in [0, 0.05) is 18.8 Å². The number of hydrogen-bond acceptors (Lipinski definition) is 5. The molecule has 0 bridgehead atoms. The number of carbonyl (C=O) groups is 1. The summed E-state index contributed by atoms with van der Waals surface area (Å²) in [6.45, 7) is 1.98. The Kier molecular flexibility index (Phi) is 5.10. The van der Waals surface area contributed by atoms with Crippen molar-refractivity contribution >= 4 is 11.6 Å². The summed E-state index contributed by atoms with van der Waals surface area (Å²) in [6, 6.07) is 11.5. The minimum absolute atomic E-state index is 0.0344. The number of nitrogens with one attached hydrogen (secondary N) is 1. The molecule has 0 saturated carbocycles. The summed E-state index contributed by atoms with van der Waals surface area (Å²) < 4.78 is 17.2. The van der Waals surface area contributed by atoms with E-state index in [0.717, 1.165) is 6.42 Å². The van der Waals surface area contributed by atoms with E-state index in [0.29, 0.717) is 23.8 Å². The quantitative estimate of drug-likeness (QED) is 0.545. The van der Waals surface area contributed by atoms with Crippen molar-refractivity contribution in [1.82, 2.24) is 29.5 Å². The van der Waals surface area contributed by atoms with Crippen molar-refractivity contribution in [2.45, 2.75) is 19.8 Å². The first-order valence-corrected chi connectivity index (χ1v) is 9.14. The maximum Gasteiger partial charge on any atom is 0.295 e. The first kappa shape index (κ1) is 18.5. The van der Waals surface area contributed by atoms with Gasteiger partial charge in [0.15, 0.2) is 5.82 Å². The standard InChI is InChI=1S/C20H18FN7O/c1-2-6-18-25-19(26-28(18)16-8-4-3-7-15(16)21)20(29)24-14-9-10-17(22-13-14)27-12-5-11-23-27/h3-5,7-13H,2,6H2,1H3,(H,24,29). The smallest absolute Gasteiger partial charge is 0.295 e. The molecule has 9 heteroatoms. The van der Waals surface area contributed by atoms with Crippen LogP contribution >= 0.6 is 0 Å². The molecule has 8 nitrogen and oxygen atoms in total. The highest BCUT2D eigenvalue weighted by Crippen LogP contribution is 2.16. The van der Waals surface area contributed by atoms with Gasteiger partial charge in [-0.25, -0.2) is 23.7 Å². The molecule has 1 N–H and O–H groups in total. The summed E-state index contributed by atoms with van der Waals surface area (Å²) in [6.07, 6.45) is 6.30. The zero-order valence-corrected chi connectivity index (χ0v) is 15.7. The van der Waals surface area contributed by atoms with Crippen molar-refractivity contribution < 1.29 is 9.18 Å². The predicted octanol–water partition coefficient (Wildman–Crippen LogP) is 3.19. The van der Waals surface area contributed by atoms with Crippen LogP contribution in [0.5, 0.6) is 0 Å². The number of aromatic nitrogens is 6. The predicted molar refractivity (Wildman–Crippen MR) is 105 cm³/mol. The van der Waals surface area contributed by atoms with Crippen molar-refractivity contribution in [2.24, 2.45) is 0 Å². The average molecular weight is 391 g/mol. The highest BCUT2D eigenvalue weighted by Gasteiger charge is 2.19. The zero-order valence-electron chi connectivity index (χ0n) is 15.7. The van der Waals surface area contributed by atoms with Crippen LogP contribution in [0, 0.1) is 5.82 Å². The second-order valence-corrected chi connectivity index (χ2v) is 6.27. The number of hydrogen-bond donors (Lipinski definition) is 1. The third kappa shape index (κ3) is 3.88. The first-order valence-electron chi connectivity index (χ1n) is 9.14. The molecule has 0 aliphatic heterocycles. The van der Waals surface area contributed by atoms with E-state index < -0.39 is 11.7 Å². The largest absolute Gasteiger partial charge is 0.318 e. The van der Waals surface area contributed by atoms with Gasteiger partial charge in [0.1, 0.15) is 17.3 Å². The van der Waals surface area contributed by atoms with E-state index in [1.165, 1.54) is 16.9 Å². The molecule has 0 atom stereocenters. The Bertz CT molecular complexity index is 1120. The fourth-order valence-corrected chi connectivity index (χ4v) is 2.83. The van der Waals surface area contributed by atoms with E-state index in [-0.39, 0.29) is 11.5 Å². The summed E-state index contributed by atoms with van der Waals surface area (Å²) in [7, 11) is 0. The zero-order chi connectivity index (χ0) is 20.2. The molecule has 4 aromatic rings. The van der Waals surface area contributed by atoms with Crippen LogP contribution in [0.3, 0.4) is 0 Å². The van der Waals surface area contributed by atoms with Crippen LogP contribution < -0.4 is 5.32 Å². The Hall–Kier alpha value is -3.88. The molecule has 4 rings (SSSR count). The highest BCUT2D eigenvalue weighted by molar-refractivity contribution is 6.01. The molecule has 0 spiro atoms. The van der Waals surface area contributed by atoms with E-state index in [2.05, 4.69) is 25.5 Å². The maximum absolute atomic E-state index is 14.2. The fraction of sp³-hybridized carbons (Fsp3) is 0.150. The van der Waals surface area contributed by atoms with Crippen molar-refractivity contribution in [3.8, 4) is 11.5 Å². The normalized spacial score (nSPS) is 10.8. The molecule has 0 fully saturated rings. The number of pyridine rings is 1. The molecule has 1 aromatic carbocycles. The van der Waals surface area contributed by atoms with Gasteiger partial charge in [-0.3, -0.25) is 4.79 Å². The number of anilines is 1. The first-order chi connectivity index (χ1) is 14.2. The Morgan fingerprint density at radius 2 is 2.03 bits per heavy atom. The van der Waals surface area contributed by atoms with Gasteiger partial charge in [0.05, 0.1) is 11.9 Å². The monoisotopic (exact) mass is 391 g/mol. The van der Waals surface area contributed by atoms with Gasteiger partial charge in [-0.1, -0.05) is 19.1 Å². The summed E-state index contributed by atoms with van der Waals surface area (Å²) in [5.41, 5.74) is 0.748. The lowest BCUT2D eigenvalue weighted by Gasteiger charge is -2.05. The molecular formula is C20H18FN7O. The maximum atomic E-state index is 14.2. The van der Waals surface area contributed by atoms with Crippen LogP contribution in [0.2, 0.25) is 0 Å². The number of nitrogens with zero attached hydrogens (tertiary/aromatic N) is 6. The Morgan fingerprint density at radius 1 is 1.17 bits per heavy atom. The molecule has 3 heterocycles. The van der Waals surface area contributed by atoms with Gasteiger partial charge in [0.25, 0.3) is 5.91 Å². The summed E-state index contributed by atoms with van der Waals surface area (Å²) in [4.78, 5) is 21.2. The van der Waals surface area contributed by atoms with Gasteiger partial charge in [0.2, 0.25) is 5.82 Å². The van der Waals surface area contributed by atoms with Gasteiger partial charge < -0.3 is 5.32 Å². The van der Waals surface area contributed by atoms with Crippen molar-refractivity contribution in [1.29, 1.82) is 0 Å². The molecule has 0 saturated heterocycles. The number of para-hydroxylation sites is 1. The summed E-state index contributed by atoms with van der Waals surface area (Å²) in [5, 5.41) is 11.1. The molecule has 3 aromatic heterocycles. The summed E-state index contributed by atoms with van der Waals surface area (Å²) in [5.74, 6) is 0.189. The Morgan fingerprint density at radius 3 is 2.72 bits per heavy atom. The third-order valence-corrected chi connectivity index (χ3v) is 4.18. The van der Waals surface area contributed by atoms with Gasteiger partial charge >= 0.3 is 0 Å². The summed E-state index contributed by atoms with van der Waals surface area (Å²) >= 11 is 0. The lowest BCUT2D eigenvalue weighted by Crippen LogP contribution is -2.14. The number of carbonyl (C=O) groups excluding carboxylic acids is 1. The van der Waals surface area contributed by atoms with Crippen molar-refractivity contribution in [3.05, 3.63) is 78.5 Å². The van der Waals surface area contributed by atoms with E-state index in [4.69, 9.17) is 0 Å². The molecule has 0 aliphatic carbocycles. The highest BCUT2D eigenvalue weighted by atomic mass is 19.1. The van der Waals surface area contributed by atoms with Gasteiger partial charge in [-0.15, -0.1) is 5.10 Å². The molecule has 146 valence electrons. The lowest BCUT2D eigenvalue weighted by atomic mass is 10.3. The number of halogens is 1.